The molecule has 22 N–H and O–H groups in total. The molecule has 732 valence electrons. The molecule has 5 aromatic rings. The summed E-state index contributed by atoms with van der Waals surface area (Å²) < 4.78 is 1.44. The number of aromatic amines is 1. The maximum Gasteiger partial charge on any atom is 0.323 e. The number of carbonyl (C=O) groups is 18. The lowest BCUT2D eigenvalue weighted by atomic mass is 9.99. The summed E-state index contributed by atoms with van der Waals surface area (Å²) in [4.78, 5) is 271. The number of hydrogen-bond donors (Lipinski definition) is 18. The van der Waals surface area contributed by atoms with Gasteiger partial charge in [0.25, 0.3) is 0 Å². The minimum Gasteiger partial charge on any atom is -0.508 e. The van der Waals surface area contributed by atoms with Crippen LogP contribution in [0, 0.1) is 11.8 Å². The molecule has 0 spiro atoms. The number of phenolic OH excluding ortho intramolecular Hbond substituents is 1. The Bertz CT molecular complexity index is 5050. The Morgan fingerprint density at radius 2 is 1.09 bits per heavy atom. The van der Waals surface area contributed by atoms with Gasteiger partial charge < -0.3 is 125 Å². The molecule has 3 aliphatic rings. The monoisotopic (exact) mass is 1890 g/mol. The first-order valence-electron chi connectivity index (χ1n) is 45.3. The number of amides is 17. The topological polar surface area (TPSA) is 629 Å². The molecule has 3 aromatic carbocycles. The summed E-state index contributed by atoms with van der Waals surface area (Å²) in [6.45, 7) is 9.26. The Morgan fingerprint density at radius 1 is 0.545 bits per heavy atom. The van der Waals surface area contributed by atoms with Crippen molar-refractivity contribution in [3.8, 4) is 5.75 Å². The van der Waals surface area contributed by atoms with Crippen LogP contribution in [0.15, 0.2) is 85.2 Å². The second-order valence-electron chi connectivity index (χ2n) is 35.3. The second-order valence-corrected chi connectivity index (χ2v) is 36.3. The lowest BCUT2D eigenvalue weighted by Crippen LogP contribution is -2.62. The van der Waals surface area contributed by atoms with Gasteiger partial charge in [0.2, 0.25) is 100 Å². The van der Waals surface area contributed by atoms with E-state index in [9.17, 15) is 68.1 Å². The SMILES string of the molecule is CCCC[C@H]1C(=O)N(C)[C@@H](CCCC)C(=O)N[C@@H](CC(C)C)C(=O)N[C@H](C(=O)NCC(N)=O)CSCC(=O)N[C@@H](Cc2ccc(O)cc2)C(=O)N(C)[C@@H](C)C(=O)N[C@@H](CC(N)=O)C(=O)N2CCC[C@H]2C(=O)N[C@@H](CN)C(=O)N[C@@H](CC(C)C)C(=O)N2CC(O)C[C@H]2C(=O)N[C@@H](Cc2c[nH]c3ccccc23)C(=O)N[C@@H](CCN)C(=O)N[C@@H](Cc2cn(CC(=O)O)c3ccccc23)C(=O)N1C. The number of hydrogen-bond acceptors (Lipinski definition) is 23. The predicted octanol–water partition coefficient (Wildman–Crippen LogP) is -2.24. The number of rotatable bonds is 26. The molecule has 0 bridgehead atoms. The number of H-pyrrole nitrogens is 1. The van der Waals surface area contributed by atoms with Crippen LogP contribution in [0.2, 0.25) is 0 Å². The number of primary amides is 2. The number of aliphatic hydroxyl groups excluding tert-OH is 1. The fourth-order valence-electron chi connectivity index (χ4n) is 16.8. The largest absolute Gasteiger partial charge is 0.508 e. The molecular formula is C91H131N21O21S. The number of carboxylic acid groups (broad SMARTS) is 1. The normalized spacial score (nSPS) is 24.9. The smallest absolute Gasteiger partial charge is 0.323 e. The molecule has 43 heteroatoms. The predicted molar refractivity (Wildman–Crippen MR) is 495 cm³/mol. The van der Waals surface area contributed by atoms with Crippen LogP contribution in [-0.4, -0.2) is 312 Å². The van der Waals surface area contributed by atoms with Crippen molar-refractivity contribution >= 4 is 140 Å². The quantitative estimate of drug-likeness (QED) is 0.0278. The highest BCUT2D eigenvalue weighted by Crippen LogP contribution is 2.29. The average Bonchev–Trinajstić information content (AvgIpc) is 1.64. The molecule has 134 heavy (non-hydrogen) atoms. The lowest BCUT2D eigenvalue weighted by Gasteiger charge is -2.36. The van der Waals surface area contributed by atoms with E-state index in [1.54, 1.807) is 82.4 Å². The number of aromatic hydroxyl groups is 1. The van der Waals surface area contributed by atoms with Crippen molar-refractivity contribution < 1.29 is 102 Å². The first-order chi connectivity index (χ1) is 63.6. The summed E-state index contributed by atoms with van der Waals surface area (Å²) >= 11 is 0.785. The van der Waals surface area contributed by atoms with Gasteiger partial charge >= 0.3 is 5.97 Å². The van der Waals surface area contributed by atoms with Crippen LogP contribution in [0.3, 0.4) is 0 Å². The van der Waals surface area contributed by atoms with Crippen LogP contribution >= 0.6 is 11.8 Å². The lowest BCUT2D eigenvalue weighted by molar-refractivity contribution is -0.149. The maximum atomic E-state index is 16.0. The number of phenols is 1. The molecule has 2 aromatic heterocycles. The number of carbonyl (C=O) groups excluding carboxylic acids is 17. The van der Waals surface area contributed by atoms with Gasteiger partial charge in [0.05, 0.1) is 24.8 Å². The molecular weight excluding hydrogens is 1760 g/mol. The van der Waals surface area contributed by atoms with E-state index in [2.05, 4.69) is 58.2 Å². The first-order valence-corrected chi connectivity index (χ1v) is 46.5. The van der Waals surface area contributed by atoms with E-state index in [1.807, 2.05) is 13.8 Å². The van der Waals surface area contributed by atoms with E-state index in [0.717, 1.165) is 36.3 Å². The van der Waals surface area contributed by atoms with Crippen LogP contribution < -0.4 is 76.1 Å². The standard InChI is InChI=1S/C91H131N21O21S/c1-11-13-23-70-84(126)100-61(34-49(3)4)81(123)106-68(79(121)97-43-75(95)116)47-134-48-76(117)98-64(36-52-27-29-55(113)30-28-52)87(129)107(8)51(7)78(120)102-66(40-74(94)115)89(131)111-33-19-26-71(111)85(127)105-67(41-93)83(125)103-63(35-50(5)6)90(132)112-45-56(114)39-73(112)86(128)101-62(37-53-42-96-59-22-17-15-20-57(53)59)82(124)99-60(31-32-92)80(122)104-65(88(130)109(10)72(24-14-12-2)91(133)108(70)9)38-54-44-110(46-77(118)119)69-25-18-16-21-58(54)69/h15-18,20-22,25,27-30,42,44,49-51,56,60-68,70-73,96,113-114H,11-14,19,23-24,26,31-41,43,45-48,92-93H2,1-10H3,(H2,94,115)(H2,95,116)(H,97,121)(H,98,117)(H,99,124)(H,100,126)(H,101,128)(H,102,120)(H,103,125)(H,104,122)(H,105,127)(H,106,123)(H,118,119)/t51-,56?,60-,61-,62-,63-,64-,65-,66-,67-,68-,70-,71-,72-,73-/m0/s1. The molecule has 0 aliphatic carbocycles. The van der Waals surface area contributed by atoms with Crippen LogP contribution in [0.4, 0.5) is 0 Å². The number of nitrogens with one attached hydrogen (secondary N) is 11. The van der Waals surface area contributed by atoms with E-state index in [0.29, 0.717) is 64.2 Å². The number of aliphatic carboxylic acids is 1. The summed E-state index contributed by atoms with van der Waals surface area (Å²) in [6, 6.07) is -2.14. The third-order valence-corrected chi connectivity index (χ3v) is 25.1. The molecule has 5 heterocycles. The van der Waals surface area contributed by atoms with Crippen molar-refractivity contribution in [2.24, 2.45) is 34.8 Å². The molecule has 0 radical (unpaired) electrons. The van der Waals surface area contributed by atoms with E-state index < -0.39 is 241 Å². The Hall–Kier alpha value is -12.8. The molecule has 8 rings (SSSR count). The zero-order valence-electron chi connectivity index (χ0n) is 77.5. The number of aliphatic hydroxyl groups is 1. The van der Waals surface area contributed by atoms with E-state index in [4.69, 9.17) is 22.9 Å². The van der Waals surface area contributed by atoms with Gasteiger partial charge in [0, 0.05) is 106 Å². The molecule has 3 fully saturated rings. The summed E-state index contributed by atoms with van der Waals surface area (Å²) in [5.74, 6) is -18.8. The number of unbranched alkanes of at least 4 members (excludes halogenated alkanes) is 2. The number of thioether (sulfide) groups is 1. The summed E-state index contributed by atoms with van der Waals surface area (Å²) in [6.07, 6.45) is 0.961. The zero-order valence-corrected chi connectivity index (χ0v) is 78.3. The third-order valence-electron chi connectivity index (χ3n) is 24.1. The van der Waals surface area contributed by atoms with Crippen molar-refractivity contribution in [2.45, 2.75) is 248 Å². The Labute approximate surface area is 781 Å². The molecule has 3 aliphatic heterocycles. The minimum absolute atomic E-state index is 0.00250. The van der Waals surface area contributed by atoms with Gasteiger partial charge in [0.15, 0.2) is 0 Å². The van der Waals surface area contributed by atoms with Gasteiger partial charge in [-0.05, 0) is 111 Å². The molecule has 1 unspecified atom stereocenters. The second kappa shape index (κ2) is 50.4. The minimum atomic E-state index is -1.77. The van der Waals surface area contributed by atoms with E-state index in [-0.39, 0.29) is 101 Å². The van der Waals surface area contributed by atoms with E-state index >= 15 is 33.6 Å². The number of para-hydroxylation sites is 2. The first kappa shape index (κ1) is 107. The van der Waals surface area contributed by atoms with Crippen LogP contribution in [0.5, 0.6) is 5.75 Å². The highest BCUT2D eigenvalue weighted by molar-refractivity contribution is 8.00. The Kier molecular flexibility index (Phi) is 40.1. The van der Waals surface area contributed by atoms with Gasteiger partial charge in [-0.2, -0.15) is 0 Å². The number of fused-ring (bicyclic) bond motifs is 4. The van der Waals surface area contributed by atoms with Crippen LogP contribution in [-0.2, 0) is 112 Å². The van der Waals surface area contributed by atoms with Crippen molar-refractivity contribution in [1.82, 2.24) is 87.2 Å². The highest BCUT2D eigenvalue weighted by Gasteiger charge is 2.47. The number of aromatic nitrogens is 2. The van der Waals surface area contributed by atoms with Crippen molar-refractivity contribution in [1.29, 1.82) is 0 Å². The van der Waals surface area contributed by atoms with E-state index in [1.165, 1.54) is 63.1 Å². The highest BCUT2D eigenvalue weighted by atomic mass is 32.2. The maximum absolute atomic E-state index is 16.0. The van der Waals surface area contributed by atoms with Gasteiger partial charge in [-0.3, -0.25) is 86.3 Å². The van der Waals surface area contributed by atoms with Gasteiger partial charge in [-0.15, -0.1) is 11.8 Å². The molecule has 0 saturated carbocycles. The zero-order chi connectivity index (χ0) is 98.6. The number of nitrogens with zero attached hydrogens (tertiary/aromatic N) is 6. The molecule has 15 atom stereocenters. The Balaban J connectivity index is 1.21. The number of likely N-dealkylation sites (N-methyl/N-ethyl adjacent to an activating group) is 3. The Morgan fingerprint density at radius 3 is 1.73 bits per heavy atom. The average molecular weight is 1890 g/mol. The van der Waals surface area contributed by atoms with Crippen molar-refractivity contribution in [3.05, 3.63) is 102 Å². The number of carboxylic acids is 1. The summed E-state index contributed by atoms with van der Waals surface area (Å²) in [5.41, 5.74) is 25.9. The van der Waals surface area contributed by atoms with Crippen LogP contribution in [0.1, 0.15) is 149 Å². The molecule has 17 amide bonds. The fourth-order valence-corrected chi connectivity index (χ4v) is 17.7. The third kappa shape index (κ3) is 29.4. The molecule has 42 nitrogen and oxygen atoms in total. The van der Waals surface area contributed by atoms with Crippen molar-refractivity contribution in [3.63, 3.8) is 0 Å². The molecule has 3 saturated heterocycles. The fraction of sp³-hybridized carbons (Fsp3) is 0.560. The number of benzene rings is 3. The number of nitrogens with two attached hydrogens (primary N) is 4. The van der Waals surface area contributed by atoms with Gasteiger partial charge in [-0.25, -0.2) is 0 Å². The van der Waals surface area contributed by atoms with Crippen LogP contribution in [0.25, 0.3) is 21.8 Å². The van der Waals surface area contributed by atoms with Gasteiger partial charge in [0.1, 0.15) is 96.9 Å². The summed E-state index contributed by atoms with van der Waals surface area (Å²) in [5, 5.41) is 59.4. The van der Waals surface area contributed by atoms with Gasteiger partial charge in [-0.1, -0.05) is 116 Å². The summed E-state index contributed by atoms with van der Waals surface area (Å²) in [7, 11) is 3.91. The van der Waals surface area contributed by atoms with Crippen molar-refractivity contribution in [2.75, 3.05) is 65.4 Å².